The number of hydrogen-bond acceptors (Lipinski definition) is 3. The van der Waals surface area contributed by atoms with Gasteiger partial charge >= 0.3 is 0 Å². The zero-order chi connectivity index (χ0) is 37.3. The van der Waals surface area contributed by atoms with Crippen LogP contribution in [0.15, 0.2) is 212 Å². The standard InChI is InChI=1S/C53H35N3/c1-4-13-36(14-5-1)37-27-33-43(34-28-37)52-47-21-12-20-45(51(47)46-19-10-11-22-48(46)54-52)40-29-23-38(24-30-40)39-25-31-42(32-26-39)50-35-49(41-15-6-2-7-16-41)55-53(56-50)44-17-8-3-9-18-44/h1-35H. The first kappa shape index (κ1) is 33.1. The van der Waals surface area contributed by atoms with E-state index < -0.39 is 0 Å². The van der Waals surface area contributed by atoms with E-state index in [1.54, 1.807) is 0 Å². The van der Waals surface area contributed by atoms with Gasteiger partial charge in [-0.15, -0.1) is 0 Å². The molecule has 0 amide bonds. The van der Waals surface area contributed by atoms with Crippen LogP contribution >= 0.6 is 0 Å². The zero-order valence-corrected chi connectivity index (χ0v) is 30.5. The maximum absolute atomic E-state index is 5.23. The lowest BCUT2D eigenvalue weighted by Crippen LogP contribution is -1.95. The highest BCUT2D eigenvalue weighted by atomic mass is 14.9. The number of pyridine rings is 1. The Morgan fingerprint density at radius 3 is 1.30 bits per heavy atom. The first-order valence-corrected chi connectivity index (χ1v) is 18.9. The summed E-state index contributed by atoms with van der Waals surface area (Å²) in [6.45, 7) is 0. The van der Waals surface area contributed by atoms with Crippen LogP contribution in [0.4, 0.5) is 0 Å². The molecule has 3 heteroatoms. The smallest absolute Gasteiger partial charge is 0.160 e. The van der Waals surface area contributed by atoms with Crippen molar-refractivity contribution in [1.29, 1.82) is 0 Å². The van der Waals surface area contributed by atoms with Crippen molar-refractivity contribution in [2.45, 2.75) is 0 Å². The van der Waals surface area contributed by atoms with Gasteiger partial charge in [-0.05, 0) is 45.5 Å². The fourth-order valence-electron chi connectivity index (χ4n) is 7.66. The minimum absolute atomic E-state index is 0.715. The Hall–Kier alpha value is -7.49. The van der Waals surface area contributed by atoms with Crippen molar-refractivity contribution in [3.63, 3.8) is 0 Å². The molecule has 10 aromatic rings. The topological polar surface area (TPSA) is 38.7 Å². The second-order valence-corrected chi connectivity index (χ2v) is 14.0. The van der Waals surface area contributed by atoms with Crippen LogP contribution in [0.2, 0.25) is 0 Å². The minimum atomic E-state index is 0.715. The third-order valence-electron chi connectivity index (χ3n) is 10.5. The Morgan fingerprint density at radius 1 is 0.268 bits per heavy atom. The second kappa shape index (κ2) is 14.4. The lowest BCUT2D eigenvalue weighted by molar-refractivity contribution is 1.18. The number of nitrogens with zero attached hydrogens (tertiary/aromatic N) is 3. The molecule has 0 radical (unpaired) electrons. The van der Waals surface area contributed by atoms with Crippen LogP contribution in [0.5, 0.6) is 0 Å². The molecule has 56 heavy (non-hydrogen) atoms. The van der Waals surface area contributed by atoms with E-state index in [9.17, 15) is 0 Å². The summed E-state index contributed by atoms with van der Waals surface area (Å²) in [6.07, 6.45) is 0. The molecule has 0 bridgehead atoms. The van der Waals surface area contributed by atoms with Crippen molar-refractivity contribution < 1.29 is 0 Å². The van der Waals surface area contributed by atoms with Gasteiger partial charge in [0.15, 0.2) is 5.82 Å². The Labute approximate surface area is 326 Å². The van der Waals surface area contributed by atoms with Crippen LogP contribution in [0, 0.1) is 0 Å². The van der Waals surface area contributed by atoms with Gasteiger partial charge in [0.1, 0.15) is 0 Å². The first-order valence-electron chi connectivity index (χ1n) is 18.9. The maximum Gasteiger partial charge on any atom is 0.160 e. The average Bonchev–Trinajstić information content (AvgIpc) is 3.29. The monoisotopic (exact) mass is 713 g/mol. The molecule has 2 heterocycles. The van der Waals surface area contributed by atoms with Gasteiger partial charge in [-0.25, -0.2) is 15.0 Å². The third kappa shape index (κ3) is 6.31. The van der Waals surface area contributed by atoms with Gasteiger partial charge in [0.05, 0.1) is 22.6 Å². The van der Waals surface area contributed by atoms with Crippen LogP contribution in [0.25, 0.3) is 100 Å². The molecule has 2 aromatic heterocycles. The van der Waals surface area contributed by atoms with Gasteiger partial charge in [0.2, 0.25) is 0 Å². The molecular weight excluding hydrogens is 679 g/mol. The molecule has 0 aliphatic carbocycles. The van der Waals surface area contributed by atoms with Crippen LogP contribution in [0.1, 0.15) is 0 Å². The van der Waals surface area contributed by atoms with Gasteiger partial charge in [0.25, 0.3) is 0 Å². The van der Waals surface area contributed by atoms with Crippen molar-refractivity contribution in [1.82, 2.24) is 15.0 Å². The lowest BCUT2D eigenvalue weighted by atomic mass is 9.91. The predicted octanol–water partition coefficient (Wildman–Crippen LogP) is 13.8. The van der Waals surface area contributed by atoms with E-state index in [-0.39, 0.29) is 0 Å². The van der Waals surface area contributed by atoms with Crippen molar-refractivity contribution >= 4 is 21.7 Å². The summed E-state index contributed by atoms with van der Waals surface area (Å²) < 4.78 is 0. The SMILES string of the molecule is c1ccc(-c2ccc(-c3nc4ccccc4c4c(-c5ccc(-c6ccc(-c7cc(-c8ccccc8)nc(-c8ccccc8)n7)cc6)cc5)cccc34)cc2)cc1. The number of fused-ring (bicyclic) bond motifs is 3. The second-order valence-electron chi connectivity index (χ2n) is 14.0. The molecule has 0 fully saturated rings. The summed E-state index contributed by atoms with van der Waals surface area (Å²) in [5.74, 6) is 0.715. The molecule has 0 N–H and O–H groups in total. The Morgan fingerprint density at radius 2 is 0.696 bits per heavy atom. The van der Waals surface area contributed by atoms with E-state index in [1.807, 2.05) is 36.4 Å². The number of para-hydroxylation sites is 1. The van der Waals surface area contributed by atoms with E-state index in [1.165, 1.54) is 27.6 Å². The number of rotatable bonds is 7. The Balaban J connectivity index is 0.993. The van der Waals surface area contributed by atoms with E-state index in [0.717, 1.165) is 66.8 Å². The molecule has 3 nitrogen and oxygen atoms in total. The highest BCUT2D eigenvalue weighted by Gasteiger charge is 2.16. The van der Waals surface area contributed by atoms with E-state index in [4.69, 9.17) is 15.0 Å². The summed E-state index contributed by atoms with van der Waals surface area (Å²) in [7, 11) is 0. The van der Waals surface area contributed by atoms with Gasteiger partial charge in [-0.3, -0.25) is 0 Å². The fraction of sp³-hybridized carbons (Fsp3) is 0. The largest absolute Gasteiger partial charge is 0.247 e. The molecule has 0 saturated heterocycles. The van der Waals surface area contributed by atoms with Crippen LogP contribution in [0.3, 0.4) is 0 Å². The Bertz CT molecular complexity index is 2900. The lowest BCUT2D eigenvalue weighted by Gasteiger charge is -2.15. The van der Waals surface area contributed by atoms with Crippen LogP contribution in [-0.4, -0.2) is 15.0 Å². The van der Waals surface area contributed by atoms with Gasteiger partial charge in [-0.1, -0.05) is 200 Å². The molecule has 0 aliphatic heterocycles. The first-order chi connectivity index (χ1) is 27.7. The molecular formula is C53H35N3. The molecule has 10 rings (SSSR count). The number of benzene rings is 8. The number of hydrogen-bond donors (Lipinski definition) is 0. The summed E-state index contributed by atoms with van der Waals surface area (Å²) in [6, 6.07) is 74.5. The summed E-state index contributed by atoms with van der Waals surface area (Å²) in [5, 5.41) is 3.51. The normalized spacial score (nSPS) is 11.2. The van der Waals surface area contributed by atoms with Crippen LogP contribution in [-0.2, 0) is 0 Å². The average molecular weight is 714 g/mol. The van der Waals surface area contributed by atoms with Crippen molar-refractivity contribution in [2.24, 2.45) is 0 Å². The zero-order valence-electron chi connectivity index (χ0n) is 30.5. The van der Waals surface area contributed by atoms with Gasteiger partial charge in [0, 0.05) is 38.4 Å². The maximum atomic E-state index is 5.23. The van der Waals surface area contributed by atoms with Crippen LogP contribution < -0.4 is 0 Å². The van der Waals surface area contributed by atoms with Gasteiger partial charge in [-0.2, -0.15) is 0 Å². The Kier molecular flexibility index (Phi) is 8.51. The summed E-state index contributed by atoms with van der Waals surface area (Å²) in [5.41, 5.74) is 15.0. The van der Waals surface area contributed by atoms with E-state index >= 15 is 0 Å². The molecule has 0 spiro atoms. The van der Waals surface area contributed by atoms with Crippen molar-refractivity contribution in [3.05, 3.63) is 212 Å². The quantitative estimate of drug-likeness (QED) is 0.154. The highest BCUT2D eigenvalue weighted by molar-refractivity contribution is 6.17. The summed E-state index contributed by atoms with van der Waals surface area (Å²) in [4.78, 5) is 15.2. The highest BCUT2D eigenvalue weighted by Crippen LogP contribution is 2.39. The van der Waals surface area contributed by atoms with Gasteiger partial charge < -0.3 is 0 Å². The van der Waals surface area contributed by atoms with Crippen molar-refractivity contribution in [2.75, 3.05) is 0 Å². The molecule has 262 valence electrons. The van der Waals surface area contributed by atoms with E-state index in [0.29, 0.717) is 5.82 Å². The third-order valence-corrected chi connectivity index (χ3v) is 10.5. The van der Waals surface area contributed by atoms with Crippen molar-refractivity contribution in [3.8, 4) is 78.5 Å². The molecule has 0 saturated carbocycles. The molecule has 0 atom stereocenters. The predicted molar refractivity (Wildman–Crippen MR) is 233 cm³/mol. The van der Waals surface area contributed by atoms with E-state index in [2.05, 4.69) is 176 Å². The minimum Gasteiger partial charge on any atom is -0.247 e. The molecule has 0 unspecified atom stereocenters. The number of aromatic nitrogens is 3. The molecule has 0 aliphatic rings. The molecule has 8 aromatic carbocycles. The summed E-state index contributed by atoms with van der Waals surface area (Å²) >= 11 is 0. The fourth-order valence-corrected chi connectivity index (χ4v) is 7.66.